The van der Waals surface area contributed by atoms with E-state index in [-0.39, 0.29) is 0 Å². The fourth-order valence-electron chi connectivity index (χ4n) is 1.82. The quantitative estimate of drug-likeness (QED) is 0.615. The van der Waals surface area contributed by atoms with Crippen LogP contribution in [-0.4, -0.2) is 20.2 Å². The Bertz CT molecular complexity index is 597. The molecule has 1 aromatic heterocycles. The first-order chi connectivity index (χ1) is 9.65. The van der Waals surface area contributed by atoms with Crippen LogP contribution in [0.2, 0.25) is 13.1 Å². The molecule has 20 heavy (non-hydrogen) atoms. The molecule has 0 aliphatic carbocycles. The number of pyridine rings is 1. The first-order valence-electron chi connectivity index (χ1n) is 6.67. The van der Waals surface area contributed by atoms with Gasteiger partial charge in [0.1, 0.15) is 11.4 Å². The van der Waals surface area contributed by atoms with Crippen molar-refractivity contribution in [3.63, 3.8) is 0 Å². The monoisotopic (exact) mass is 283 g/mol. The van der Waals surface area contributed by atoms with Crippen molar-refractivity contribution >= 4 is 20.9 Å². The highest BCUT2D eigenvalue weighted by atomic mass is 28.3. The summed E-state index contributed by atoms with van der Waals surface area (Å²) in [5.74, 6) is 0.861. The number of nitrogens with zero attached hydrogens (tertiary/aromatic N) is 2. The highest BCUT2D eigenvalue weighted by Gasteiger charge is 2.04. The summed E-state index contributed by atoms with van der Waals surface area (Å²) in [6, 6.07) is 13.9. The van der Waals surface area contributed by atoms with Crippen molar-refractivity contribution in [3.8, 4) is 5.75 Å². The highest BCUT2D eigenvalue weighted by molar-refractivity contribution is 6.49. The second-order valence-corrected chi connectivity index (χ2v) is 6.78. The average molecular weight is 283 g/mol. The van der Waals surface area contributed by atoms with Crippen molar-refractivity contribution in [2.24, 2.45) is 4.99 Å². The molecule has 103 valence electrons. The third kappa shape index (κ3) is 4.31. The molecule has 0 amide bonds. The van der Waals surface area contributed by atoms with E-state index < -0.39 is 9.04 Å². The predicted octanol–water partition coefficient (Wildman–Crippen LogP) is 3.96. The summed E-state index contributed by atoms with van der Waals surface area (Å²) in [6.07, 6.45) is 2.62. The van der Waals surface area contributed by atoms with Crippen LogP contribution in [0, 0.1) is 6.92 Å². The zero-order valence-electron chi connectivity index (χ0n) is 12.1. The van der Waals surface area contributed by atoms with Crippen LogP contribution in [0.4, 0.5) is 5.69 Å². The Morgan fingerprint density at radius 2 is 1.95 bits per heavy atom. The van der Waals surface area contributed by atoms with Crippen LogP contribution in [0.1, 0.15) is 11.4 Å². The smallest absolute Gasteiger partial charge is 0.274 e. The third-order valence-electron chi connectivity index (χ3n) is 2.66. The van der Waals surface area contributed by atoms with Gasteiger partial charge in [0, 0.05) is 24.0 Å². The minimum absolute atomic E-state index is 0.728. The second kappa shape index (κ2) is 7.00. The molecule has 1 radical (unpaired) electrons. The van der Waals surface area contributed by atoms with Gasteiger partial charge in [0.25, 0.3) is 9.04 Å². The lowest BCUT2D eigenvalue weighted by atomic mass is 10.2. The third-order valence-corrected chi connectivity index (χ3v) is 3.28. The van der Waals surface area contributed by atoms with Gasteiger partial charge in [-0.05, 0) is 44.3 Å². The van der Waals surface area contributed by atoms with Gasteiger partial charge in [0.05, 0.1) is 0 Å². The topological polar surface area (TPSA) is 34.5 Å². The van der Waals surface area contributed by atoms with Crippen molar-refractivity contribution in [2.45, 2.75) is 26.4 Å². The molecule has 0 aliphatic heterocycles. The highest BCUT2D eigenvalue weighted by Crippen LogP contribution is 2.27. The van der Waals surface area contributed by atoms with Gasteiger partial charge >= 0.3 is 0 Å². The molecule has 4 heteroatoms. The van der Waals surface area contributed by atoms with Crippen molar-refractivity contribution in [1.82, 2.24) is 4.98 Å². The number of aryl methyl sites for hydroxylation is 1. The maximum atomic E-state index is 5.84. The molecule has 0 atom stereocenters. The minimum atomic E-state index is -0.777. The molecular formula is C16H19N2OSi. The average Bonchev–Trinajstić information content (AvgIpc) is 2.40. The van der Waals surface area contributed by atoms with Crippen LogP contribution in [0.3, 0.4) is 0 Å². The summed E-state index contributed by atoms with van der Waals surface area (Å²) < 4.78 is 5.84. The molecule has 0 bridgehead atoms. The molecule has 1 aromatic carbocycles. The van der Waals surface area contributed by atoms with E-state index in [2.05, 4.69) is 23.1 Å². The number of benzene rings is 1. The first kappa shape index (κ1) is 14.5. The fourth-order valence-corrected chi connectivity index (χ4v) is 2.43. The number of para-hydroxylation sites is 2. The summed E-state index contributed by atoms with van der Waals surface area (Å²) >= 11 is 0. The number of hydrogen-bond donors (Lipinski definition) is 0. The van der Waals surface area contributed by atoms with Crippen molar-refractivity contribution < 1.29 is 4.43 Å². The molecule has 0 fully saturated rings. The van der Waals surface area contributed by atoms with Crippen LogP contribution >= 0.6 is 0 Å². The summed E-state index contributed by atoms with van der Waals surface area (Å²) in [5.41, 5.74) is 2.94. The lowest BCUT2D eigenvalue weighted by molar-refractivity contribution is 0.582. The van der Waals surface area contributed by atoms with Crippen LogP contribution in [-0.2, 0) is 6.42 Å². The van der Waals surface area contributed by atoms with Crippen molar-refractivity contribution in [2.75, 3.05) is 0 Å². The van der Waals surface area contributed by atoms with Gasteiger partial charge in [-0.15, -0.1) is 0 Å². The van der Waals surface area contributed by atoms with Gasteiger partial charge in [-0.1, -0.05) is 18.2 Å². The molecule has 0 saturated carbocycles. The Morgan fingerprint density at radius 3 is 2.70 bits per heavy atom. The summed E-state index contributed by atoms with van der Waals surface area (Å²) in [6.45, 7) is 6.22. The first-order valence-corrected chi connectivity index (χ1v) is 9.08. The van der Waals surface area contributed by atoms with E-state index in [4.69, 9.17) is 4.43 Å². The van der Waals surface area contributed by atoms with Crippen LogP contribution in [0.5, 0.6) is 5.75 Å². The Labute approximate surface area is 122 Å². The summed E-state index contributed by atoms with van der Waals surface area (Å²) in [5, 5.41) is 0. The molecular weight excluding hydrogens is 264 g/mol. The van der Waals surface area contributed by atoms with E-state index in [1.54, 1.807) is 0 Å². The molecule has 1 heterocycles. The Morgan fingerprint density at radius 1 is 1.15 bits per heavy atom. The van der Waals surface area contributed by atoms with Crippen LogP contribution in [0.15, 0.2) is 47.5 Å². The molecule has 0 unspecified atom stereocenters. The normalized spacial score (nSPS) is 11.2. The van der Waals surface area contributed by atoms with Crippen molar-refractivity contribution in [1.29, 1.82) is 0 Å². The Balaban J connectivity index is 2.08. The van der Waals surface area contributed by atoms with Gasteiger partial charge < -0.3 is 4.43 Å². The predicted molar refractivity (Wildman–Crippen MR) is 85.4 cm³/mol. The molecule has 0 saturated heterocycles. The van der Waals surface area contributed by atoms with E-state index in [0.29, 0.717) is 0 Å². The lowest BCUT2D eigenvalue weighted by Crippen LogP contribution is -2.11. The maximum absolute atomic E-state index is 5.84. The maximum Gasteiger partial charge on any atom is 0.274 e. The minimum Gasteiger partial charge on any atom is -0.541 e. The molecule has 0 aliphatic rings. The van der Waals surface area contributed by atoms with Gasteiger partial charge in [0.15, 0.2) is 0 Å². The fraction of sp³-hybridized carbons (Fsp3) is 0.250. The second-order valence-electron chi connectivity index (χ2n) is 4.76. The summed E-state index contributed by atoms with van der Waals surface area (Å²) in [7, 11) is -0.777. The molecule has 3 nitrogen and oxygen atoms in total. The van der Waals surface area contributed by atoms with Gasteiger partial charge in [-0.3, -0.25) is 9.98 Å². The zero-order valence-corrected chi connectivity index (χ0v) is 13.1. The number of aromatic nitrogens is 1. The lowest BCUT2D eigenvalue weighted by Gasteiger charge is -2.10. The summed E-state index contributed by atoms with van der Waals surface area (Å²) in [4.78, 5) is 8.97. The number of rotatable bonds is 5. The molecule has 2 rings (SSSR count). The van der Waals surface area contributed by atoms with E-state index in [1.807, 2.05) is 55.6 Å². The SMILES string of the molecule is Cc1cccc(CC=Nc2ccccc2O[Si](C)C)n1. The van der Waals surface area contributed by atoms with E-state index in [0.717, 1.165) is 29.2 Å². The standard InChI is InChI=1S/C16H19N2OSi/c1-13-7-6-8-14(18-13)11-12-17-15-9-4-5-10-16(15)19-20(2)3/h4-10,12H,11H2,1-3H3. The Hall–Kier alpha value is -1.94. The van der Waals surface area contributed by atoms with E-state index in [9.17, 15) is 0 Å². The Kier molecular flexibility index (Phi) is 5.07. The van der Waals surface area contributed by atoms with Gasteiger partial charge in [-0.2, -0.15) is 0 Å². The van der Waals surface area contributed by atoms with E-state index in [1.165, 1.54) is 0 Å². The van der Waals surface area contributed by atoms with Gasteiger partial charge in [-0.25, -0.2) is 0 Å². The zero-order chi connectivity index (χ0) is 14.4. The molecule has 0 N–H and O–H groups in total. The van der Waals surface area contributed by atoms with Crippen LogP contribution < -0.4 is 4.43 Å². The van der Waals surface area contributed by atoms with Crippen LogP contribution in [0.25, 0.3) is 0 Å². The molecule has 0 spiro atoms. The molecule has 2 aromatic rings. The van der Waals surface area contributed by atoms with Gasteiger partial charge in [0.2, 0.25) is 0 Å². The largest absolute Gasteiger partial charge is 0.541 e. The van der Waals surface area contributed by atoms with E-state index >= 15 is 0 Å². The van der Waals surface area contributed by atoms with Crippen molar-refractivity contribution in [3.05, 3.63) is 53.9 Å². The number of hydrogen-bond acceptors (Lipinski definition) is 3. The number of aliphatic imine (C=N–C) groups is 1.